The maximum Gasteiger partial charge on any atom is 0.342 e. The number of nitrogens with two attached hydrogens (primary N) is 1. The van der Waals surface area contributed by atoms with Crippen molar-refractivity contribution in [3.05, 3.63) is 52.5 Å². The quantitative estimate of drug-likeness (QED) is 0.657. The minimum absolute atomic E-state index is 0.119. The lowest BCUT2D eigenvalue weighted by Gasteiger charge is -2.22. The monoisotopic (exact) mass is 374 g/mol. The van der Waals surface area contributed by atoms with Crippen molar-refractivity contribution in [2.75, 3.05) is 24.3 Å². The third-order valence-electron chi connectivity index (χ3n) is 4.32. The van der Waals surface area contributed by atoms with Gasteiger partial charge in [-0.2, -0.15) is 0 Å². The Morgan fingerprint density at radius 3 is 2.73 bits per heavy atom. The van der Waals surface area contributed by atoms with Crippen LogP contribution in [0.4, 0.5) is 11.4 Å². The highest BCUT2D eigenvalue weighted by Gasteiger charge is 2.30. The predicted molar refractivity (Wildman–Crippen MR) is 99.8 cm³/mol. The number of halogens is 1. The Hall–Kier alpha value is -2.73. The molecule has 1 aliphatic rings. The zero-order valence-corrected chi connectivity index (χ0v) is 15.2. The molecule has 136 valence electrons. The van der Waals surface area contributed by atoms with E-state index in [0.29, 0.717) is 6.54 Å². The van der Waals surface area contributed by atoms with Gasteiger partial charge in [-0.25, -0.2) is 4.79 Å². The van der Waals surface area contributed by atoms with Crippen LogP contribution in [0, 0.1) is 0 Å². The van der Waals surface area contributed by atoms with Crippen LogP contribution in [0.1, 0.15) is 22.8 Å². The Bertz CT molecular complexity index is 869. The number of nitrogens with zero attached hydrogens (tertiary/aromatic N) is 1. The normalized spacial score (nSPS) is 13.9. The molecule has 6 nitrogen and oxygen atoms in total. The largest absolute Gasteiger partial charge is 0.496 e. The lowest BCUT2D eigenvalue weighted by atomic mass is 10.1. The van der Waals surface area contributed by atoms with Gasteiger partial charge in [0.1, 0.15) is 11.3 Å². The standard InChI is InChI=1S/C19H19ClN2O4/c1-11(18(23)22-8-7-12-5-3-4-6-16(12)22)26-19(24)13-9-14(20)15(21)10-17(13)25-2/h3-6,9-11H,7-8,21H2,1-2H3/t11-/m1/s1. The molecule has 0 aromatic heterocycles. The number of nitrogen functional groups attached to an aromatic ring is 1. The van der Waals surface area contributed by atoms with E-state index in [-0.39, 0.29) is 27.9 Å². The van der Waals surface area contributed by atoms with Crippen molar-refractivity contribution in [2.45, 2.75) is 19.4 Å². The molecule has 1 amide bonds. The molecule has 0 bridgehead atoms. The third-order valence-corrected chi connectivity index (χ3v) is 4.65. The van der Waals surface area contributed by atoms with Crippen molar-refractivity contribution < 1.29 is 19.1 Å². The molecule has 2 aromatic carbocycles. The highest BCUT2D eigenvalue weighted by Crippen LogP contribution is 2.31. The molecule has 0 radical (unpaired) electrons. The second kappa shape index (κ2) is 7.25. The molecule has 26 heavy (non-hydrogen) atoms. The maximum absolute atomic E-state index is 12.7. The Kier molecular flexibility index (Phi) is 5.04. The Morgan fingerprint density at radius 1 is 1.27 bits per heavy atom. The summed E-state index contributed by atoms with van der Waals surface area (Å²) in [5, 5.41) is 0.213. The first-order valence-corrected chi connectivity index (χ1v) is 8.53. The van der Waals surface area contributed by atoms with Gasteiger partial charge in [0.15, 0.2) is 6.10 Å². The number of rotatable bonds is 4. The molecule has 0 spiro atoms. The number of hydrogen-bond acceptors (Lipinski definition) is 5. The van der Waals surface area contributed by atoms with Crippen LogP contribution in [0.25, 0.3) is 0 Å². The second-order valence-electron chi connectivity index (χ2n) is 5.99. The SMILES string of the molecule is COc1cc(N)c(Cl)cc1C(=O)O[C@H](C)C(=O)N1CCc2ccccc21. The zero-order chi connectivity index (χ0) is 18.8. The number of esters is 1. The van der Waals surface area contributed by atoms with Gasteiger partial charge in [-0.1, -0.05) is 29.8 Å². The molecular weight excluding hydrogens is 356 g/mol. The van der Waals surface area contributed by atoms with Crippen molar-refractivity contribution in [2.24, 2.45) is 0 Å². The predicted octanol–water partition coefficient (Wildman–Crippen LogP) is 3.07. The van der Waals surface area contributed by atoms with E-state index in [0.717, 1.165) is 17.7 Å². The first-order chi connectivity index (χ1) is 12.4. The number of carbonyl (C=O) groups excluding carboxylic acids is 2. The van der Waals surface area contributed by atoms with Gasteiger partial charge in [0.25, 0.3) is 5.91 Å². The molecule has 0 fully saturated rings. The number of para-hydroxylation sites is 1. The summed E-state index contributed by atoms with van der Waals surface area (Å²) in [4.78, 5) is 26.9. The number of benzene rings is 2. The van der Waals surface area contributed by atoms with E-state index in [1.165, 1.54) is 19.2 Å². The molecule has 1 atom stereocenters. The highest BCUT2D eigenvalue weighted by molar-refractivity contribution is 6.33. The van der Waals surface area contributed by atoms with E-state index in [1.54, 1.807) is 11.8 Å². The fourth-order valence-corrected chi connectivity index (χ4v) is 3.12. The molecule has 0 saturated carbocycles. The van der Waals surface area contributed by atoms with Gasteiger partial charge in [-0.3, -0.25) is 4.79 Å². The van der Waals surface area contributed by atoms with Crippen molar-refractivity contribution in [3.8, 4) is 5.75 Å². The van der Waals surface area contributed by atoms with Crippen LogP contribution in [0.2, 0.25) is 5.02 Å². The Labute approximate surface area is 156 Å². The first-order valence-electron chi connectivity index (χ1n) is 8.15. The highest BCUT2D eigenvalue weighted by atomic mass is 35.5. The van der Waals surface area contributed by atoms with Crippen LogP contribution < -0.4 is 15.4 Å². The van der Waals surface area contributed by atoms with Crippen LogP contribution in [0.3, 0.4) is 0 Å². The maximum atomic E-state index is 12.7. The fraction of sp³-hybridized carbons (Fsp3) is 0.263. The zero-order valence-electron chi connectivity index (χ0n) is 14.5. The van der Waals surface area contributed by atoms with Gasteiger partial charge >= 0.3 is 5.97 Å². The summed E-state index contributed by atoms with van der Waals surface area (Å²) in [5.41, 5.74) is 8.08. The summed E-state index contributed by atoms with van der Waals surface area (Å²) in [6.07, 6.45) is -0.168. The topological polar surface area (TPSA) is 81.9 Å². The van der Waals surface area contributed by atoms with E-state index in [9.17, 15) is 9.59 Å². The number of hydrogen-bond donors (Lipinski definition) is 1. The number of amides is 1. The molecule has 0 unspecified atom stereocenters. The fourth-order valence-electron chi connectivity index (χ4n) is 2.96. The van der Waals surface area contributed by atoms with Crippen LogP contribution in [-0.4, -0.2) is 31.6 Å². The summed E-state index contributed by atoms with van der Waals surface area (Å²) in [5.74, 6) is -0.732. The molecule has 2 aromatic rings. The number of anilines is 2. The molecule has 0 saturated heterocycles. The molecule has 1 heterocycles. The summed E-state index contributed by atoms with van der Waals surface area (Å²) in [7, 11) is 1.41. The number of ether oxygens (including phenoxy) is 2. The molecule has 0 aliphatic carbocycles. The minimum atomic E-state index is -0.949. The van der Waals surface area contributed by atoms with Gasteiger partial charge < -0.3 is 20.1 Å². The van der Waals surface area contributed by atoms with E-state index >= 15 is 0 Å². The van der Waals surface area contributed by atoms with Crippen molar-refractivity contribution in [1.82, 2.24) is 0 Å². The van der Waals surface area contributed by atoms with Crippen molar-refractivity contribution >= 4 is 34.9 Å². The lowest BCUT2D eigenvalue weighted by Crippen LogP contribution is -2.39. The summed E-state index contributed by atoms with van der Waals surface area (Å²) < 4.78 is 10.5. The summed E-state index contributed by atoms with van der Waals surface area (Å²) >= 11 is 5.98. The second-order valence-corrected chi connectivity index (χ2v) is 6.40. The van der Waals surface area contributed by atoms with E-state index in [2.05, 4.69) is 0 Å². The average Bonchev–Trinajstić information content (AvgIpc) is 3.06. The molecular formula is C19H19ClN2O4. The number of methoxy groups -OCH3 is 1. The minimum Gasteiger partial charge on any atom is -0.496 e. The van der Waals surface area contributed by atoms with Crippen LogP contribution in [-0.2, 0) is 16.0 Å². The van der Waals surface area contributed by atoms with Crippen LogP contribution in [0.5, 0.6) is 5.75 Å². The van der Waals surface area contributed by atoms with Gasteiger partial charge in [0.05, 0.1) is 17.8 Å². The van der Waals surface area contributed by atoms with Gasteiger partial charge in [-0.15, -0.1) is 0 Å². The Morgan fingerprint density at radius 2 is 2.00 bits per heavy atom. The molecule has 2 N–H and O–H groups in total. The smallest absolute Gasteiger partial charge is 0.342 e. The number of carbonyl (C=O) groups is 2. The summed E-state index contributed by atoms with van der Waals surface area (Å²) in [6.45, 7) is 2.11. The third kappa shape index (κ3) is 3.32. The van der Waals surface area contributed by atoms with Crippen LogP contribution in [0.15, 0.2) is 36.4 Å². The van der Waals surface area contributed by atoms with E-state index in [4.69, 9.17) is 26.8 Å². The molecule has 3 rings (SSSR count). The average molecular weight is 375 g/mol. The lowest BCUT2D eigenvalue weighted by molar-refractivity contribution is -0.126. The van der Waals surface area contributed by atoms with Gasteiger partial charge in [-0.05, 0) is 31.0 Å². The molecule has 7 heteroatoms. The van der Waals surface area contributed by atoms with E-state index in [1.807, 2.05) is 24.3 Å². The van der Waals surface area contributed by atoms with Crippen molar-refractivity contribution in [3.63, 3.8) is 0 Å². The number of fused-ring (bicyclic) bond motifs is 1. The van der Waals surface area contributed by atoms with Crippen LogP contribution >= 0.6 is 11.6 Å². The summed E-state index contributed by atoms with van der Waals surface area (Å²) in [6, 6.07) is 10.5. The molecule has 1 aliphatic heterocycles. The first kappa shape index (κ1) is 18.1. The van der Waals surface area contributed by atoms with Gasteiger partial charge in [0, 0.05) is 18.3 Å². The van der Waals surface area contributed by atoms with Crippen molar-refractivity contribution in [1.29, 1.82) is 0 Å². The van der Waals surface area contributed by atoms with E-state index < -0.39 is 12.1 Å². The van der Waals surface area contributed by atoms with Gasteiger partial charge in [0.2, 0.25) is 0 Å². The Balaban J connectivity index is 1.76.